The summed E-state index contributed by atoms with van der Waals surface area (Å²) >= 11 is 0. The van der Waals surface area contributed by atoms with Crippen molar-refractivity contribution in [2.45, 2.75) is 68.2 Å². The zero-order valence-corrected chi connectivity index (χ0v) is 17.6. The average molecular weight is 540 g/mol. The van der Waals surface area contributed by atoms with E-state index in [9.17, 15) is 65.9 Å². The van der Waals surface area contributed by atoms with E-state index in [4.69, 9.17) is 0 Å². The molecule has 2 nitrogen and oxygen atoms in total. The van der Waals surface area contributed by atoms with Gasteiger partial charge in [0.2, 0.25) is 0 Å². The third-order valence-corrected chi connectivity index (χ3v) is 6.83. The molecular formula is C15H15F15O2Si. The van der Waals surface area contributed by atoms with Crippen molar-refractivity contribution < 1.29 is 74.7 Å². The molecule has 0 aromatic heterocycles. The molecule has 0 saturated carbocycles. The lowest BCUT2D eigenvalue weighted by atomic mass is 9.92. The molecule has 0 heterocycles. The molecule has 0 aliphatic heterocycles. The number of rotatable bonds is 11. The molecule has 0 spiro atoms. The minimum atomic E-state index is -8.19. The highest BCUT2D eigenvalue weighted by Gasteiger charge is 2.91. The largest absolute Gasteiger partial charge is 0.529 e. The minimum Gasteiger partial charge on any atom is -0.514 e. The Balaban J connectivity index is 6.56. The Kier molecular flexibility index (Phi) is 8.03. The number of allylic oxidation sites excluding steroid dienone is 2. The highest BCUT2D eigenvalue weighted by molar-refractivity contribution is 6.69. The second-order valence-electron chi connectivity index (χ2n) is 6.93. The zero-order chi connectivity index (χ0) is 27.3. The highest BCUT2D eigenvalue weighted by Crippen LogP contribution is 2.61. The van der Waals surface area contributed by atoms with Crippen molar-refractivity contribution in [2.24, 2.45) is 0 Å². The van der Waals surface area contributed by atoms with Crippen molar-refractivity contribution in [1.82, 2.24) is 0 Å². The van der Waals surface area contributed by atoms with Crippen LogP contribution in [0.5, 0.6) is 0 Å². The molecule has 0 unspecified atom stereocenters. The quantitative estimate of drug-likeness (QED) is 0.154. The molecule has 0 aliphatic carbocycles. The van der Waals surface area contributed by atoms with Gasteiger partial charge in [-0.05, 0) is 13.8 Å². The SMILES string of the molecule is C=C(C)O[Si](C)(OC(=C)C)C(F)(F)CC(F)(F)C(F)(F)C(F)(F)C(F)(F)C(F)(F)C(F)(F)F. The van der Waals surface area contributed by atoms with E-state index in [0.717, 1.165) is 13.8 Å². The van der Waals surface area contributed by atoms with Gasteiger partial charge < -0.3 is 8.85 Å². The Hall–Kier alpha value is -1.75. The van der Waals surface area contributed by atoms with Gasteiger partial charge in [-0.15, -0.1) is 0 Å². The fourth-order valence-corrected chi connectivity index (χ4v) is 4.40. The molecule has 0 atom stereocenters. The molecule has 0 aromatic carbocycles. The van der Waals surface area contributed by atoms with Gasteiger partial charge in [-0.3, -0.25) is 0 Å². The fraction of sp³-hybridized carbons (Fsp3) is 0.733. The summed E-state index contributed by atoms with van der Waals surface area (Å²) < 4.78 is 208. The van der Waals surface area contributed by atoms with Crippen LogP contribution in [0.4, 0.5) is 65.9 Å². The van der Waals surface area contributed by atoms with E-state index in [0.29, 0.717) is 0 Å². The number of halogens is 15. The van der Waals surface area contributed by atoms with Crippen LogP contribution >= 0.6 is 0 Å². The van der Waals surface area contributed by atoms with Gasteiger partial charge in [0, 0.05) is 6.55 Å². The molecule has 33 heavy (non-hydrogen) atoms. The average Bonchev–Trinajstić information content (AvgIpc) is 2.50. The third-order valence-electron chi connectivity index (χ3n) is 3.84. The van der Waals surface area contributed by atoms with E-state index < -0.39 is 67.8 Å². The normalized spacial score (nSPS) is 15.3. The molecule has 0 N–H and O–H groups in total. The first-order valence-electron chi connectivity index (χ1n) is 8.07. The van der Waals surface area contributed by atoms with Crippen molar-refractivity contribution >= 4 is 8.56 Å². The van der Waals surface area contributed by atoms with Crippen LogP contribution in [0.3, 0.4) is 0 Å². The van der Waals surface area contributed by atoms with Crippen LogP contribution in [0.1, 0.15) is 20.3 Å². The Labute approximate surface area is 177 Å². The van der Waals surface area contributed by atoms with E-state index in [1.165, 1.54) is 0 Å². The molecule has 0 radical (unpaired) electrons. The van der Waals surface area contributed by atoms with Gasteiger partial charge in [-0.2, -0.15) is 57.1 Å². The molecule has 0 aliphatic rings. The summed E-state index contributed by atoms with van der Waals surface area (Å²) in [5, 5.41) is 0. The van der Waals surface area contributed by atoms with E-state index in [1.807, 2.05) is 0 Å². The zero-order valence-electron chi connectivity index (χ0n) is 16.6. The summed E-state index contributed by atoms with van der Waals surface area (Å²) in [6.07, 6.45) is -11.4. The summed E-state index contributed by atoms with van der Waals surface area (Å²) in [4.78, 5) is 0. The molecule has 0 rings (SSSR count). The monoisotopic (exact) mass is 540 g/mol. The third kappa shape index (κ3) is 5.18. The van der Waals surface area contributed by atoms with Crippen molar-refractivity contribution in [3.8, 4) is 0 Å². The number of hydrogen-bond donors (Lipinski definition) is 0. The van der Waals surface area contributed by atoms with Crippen molar-refractivity contribution in [3.05, 3.63) is 24.7 Å². The molecular weight excluding hydrogens is 525 g/mol. The van der Waals surface area contributed by atoms with E-state index in [-0.39, 0.29) is 6.55 Å². The lowest BCUT2D eigenvalue weighted by molar-refractivity contribution is -0.441. The van der Waals surface area contributed by atoms with Gasteiger partial charge >= 0.3 is 49.9 Å². The van der Waals surface area contributed by atoms with Crippen LogP contribution in [0.15, 0.2) is 24.7 Å². The van der Waals surface area contributed by atoms with Crippen LogP contribution < -0.4 is 0 Å². The molecule has 0 fully saturated rings. The van der Waals surface area contributed by atoms with Gasteiger partial charge in [0.25, 0.3) is 0 Å². The standard InChI is InChI=1S/C15H15F15O2Si/c1-7(2)31-33(5,32-8(3)4)10(18,19)6-9(16,17)11(20,21)12(22,23)13(24,25)14(26,27)15(28,29)30/h1,3,6H2,2,4-5H3. The van der Waals surface area contributed by atoms with Crippen LogP contribution in [0, 0.1) is 0 Å². The van der Waals surface area contributed by atoms with Crippen LogP contribution in [-0.2, 0) is 8.85 Å². The summed E-state index contributed by atoms with van der Waals surface area (Å²) in [7, 11) is -5.57. The Morgan fingerprint density at radius 3 is 1.18 bits per heavy atom. The lowest BCUT2D eigenvalue weighted by Gasteiger charge is -2.41. The van der Waals surface area contributed by atoms with Crippen LogP contribution in [0.25, 0.3) is 0 Å². The maximum atomic E-state index is 14.5. The minimum absolute atomic E-state index is 0.231. The predicted molar refractivity (Wildman–Crippen MR) is 83.8 cm³/mol. The summed E-state index contributed by atoms with van der Waals surface area (Å²) in [6.45, 7) is 7.81. The summed E-state index contributed by atoms with van der Waals surface area (Å²) in [5.74, 6) is -40.6. The second-order valence-corrected chi connectivity index (χ2v) is 9.97. The topological polar surface area (TPSA) is 18.5 Å². The van der Waals surface area contributed by atoms with Gasteiger partial charge in [-0.1, -0.05) is 13.2 Å². The van der Waals surface area contributed by atoms with Gasteiger partial charge in [0.1, 0.15) is 0 Å². The van der Waals surface area contributed by atoms with Gasteiger partial charge in [0.05, 0.1) is 17.9 Å². The van der Waals surface area contributed by atoms with Crippen molar-refractivity contribution in [2.75, 3.05) is 0 Å². The Bertz CT molecular complexity index is 741. The number of hydrogen-bond acceptors (Lipinski definition) is 2. The van der Waals surface area contributed by atoms with Crippen molar-refractivity contribution in [3.63, 3.8) is 0 Å². The maximum absolute atomic E-state index is 14.5. The lowest BCUT2D eigenvalue weighted by Crippen LogP contribution is -2.71. The van der Waals surface area contributed by atoms with E-state index in [2.05, 4.69) is 22.0 Å². The Morgan fingerprint density at radius 2 is 0.909 bits per heavy atom. The van der Waals surface area contributed by atoms with E-state index >= 15 is 0 Å². The first-order chi connectivity index (χ1) is 14.0. The number of alkyl halides is 15. The molecule has 0 amide bonds. The predicted octanol–water partition coefficient (Wildman–Crippen LogP) is 7.46. The molecule has 0 aromatic rings. The maximum Gasteiger partial charge on any atom is 0.529 e. The second kappa shape index (κ2) is 8.48. The van der Waals surface area contributed by atoms with Crippen molar-refractivity contribution in [1.29, 1.82) is 0 Å². The highest BCUT2D eigenvalue weighted by atomic mass is 28.4. The molecule has 0 saturated heterocycles. The van der Waals surface area contributed by atoms with Crippen LogP contribution in [0.2, 0.25) is 6.55 Å². The summed E-state index contributed by atoms with van der Waals surface area (Å²) in [6, 6.07) is 0. The van der Waals surface area contributed by atoms with Gasteiger partial charge in [0.15, 0.2) is 0 Å². The first-order valence-corrected chi connectivity index (χ1v) is 10.4. The summed E-state index contributed by atoms with van der Waals surface area (Å²) in [5.41, 5.74) is -5.38. The molecule has 0 bridgehead atoms. The molecule has 18 heteroatoms. The van der Waals surface area contributed by atoms with Gasteiger partial charge in [-0.25, -0.2) is 8.78 Å². The molecule has 196 valence electrons. The van der Waals surface area contributed by atoms with Crippen LogP contribution in [-0.4, -0.2) is 49.9 Å². The smallest absolute Gasteiger partial charge is 0.514 e. The Morgan fingerprint density at radius 1 is 0.606 bits per heavy atom. The first kappa shape index (κ1) is 31.2. The fourth-order valence-electron chi connectivity index (χ4n) is 2.19. The van der Waals surface area contributed by atoms with E-state index in [1.54, 1.807) is 0 Å².